The Hall–Kier alpha value is -1.86. The summed E-state index contributed by atoms with van der Waals surface area (Å²) in [5, 5.41) is 8.86. The van der Waals surface area contributed by atoms with Gasteiger partial charge in [-0.15, -0.1) is 0 Å². The molecule has 1 saturated carbocycles. The predicted molar refractivity (Wildman–Crippen MR) is 83.3 cm³/mol. The zero-order valence-electron chi connectivity index (χ0n) is 12.7. The quantitative estimate of drug-likeness (QED) is 0.859. The van der Waals surface area contributed by atoms with E-state index in [1.807, 2.05) is 0 Å². The fourth-order valence-corrected chi connectivity index (χ4v) is 4.04. The molecule has 2 aliphatic heterocycles. The first-order chi connectivity index (χ1) is 10.8. The number of hydrogen-bond donors (Lipinski definition) is 0. The molecule has 3 fully saturated rings. The second-order valence-corrected chi connectivity index (χ2v) is 6.84. The van der Waals surface area contributed by atoms with Crippen LogP contribution in [0.25, 0.3) is 0 Å². The minimum atomic E-state index is 0.130. The number of likely N-dealkylation sites (tertiary alicyclic amines) is 2. The molecule has 4 rings (SSSR count). The molecule has 1 aromatic carbocycles. The number of amides is 1. The van der Waals surface area contributed by atoms with Crippen molar-refractivity contribution in [1.29, 1.82) is 5.26 Å². The second-order valence-electron chi connectivity index (χ2n) is 6.84. The summed E-state index contributed by atoms with van der Waals surface area (Å²) in [4.78, 5) is 17.4. The highest BCUT2D eigenvalue weighted by atomic mass is 16.2. The standard InChI is InChI=1S/C18H21N3O/c19-11-13-3-5-15(6-4-13)18(22)21-10-8-16-17(21)7-9-20(16)12-14-1-2-14/h3-6,14,16-17H,1-2,7-10,12H2/t16-,17+/m1/s1. The summed E-state index contributed by atoms with van der Waals surface area (Å²) in [5.41, 5.74) is 1.31. The normalized spacial score (nSPS) is 27.7. The lowest BCUT2D eigenvalue weighted by Crippen LogP contribution is -2.40. The van der Waals surface area contributed by atoms with E-state index in [2.05, 4.69) is 15.9 Å². The highest BCUT2D eigenvalue weighted by molar-refractivity contribution is 5.94. The predicted octanol–water partition coefficient (Wildman–Crippen LogP) is 2.26. The van der Waals surface area contributed by atoms with Crippen molar-refractivity contribution in [3.63, 3.8) is 0 Å². The maximum absolute atomic E-state index is 12.8. The van der Waals surface area contributed by atoms with Gasteiger partial charge in [0.1, 0.15) is 0 Å². The maximum Gasteiger partial charge on any atom is 0.254 e. The number of hydrogen-bond acceptors (Lipinski definition) is 3. The van der Waals surface area contributed by atoms with Gasteiger partial charge in [0.25, 0.3) is 5.91 Å². The van der Waals surface area contributed by atoms with Gasteiger partial charge in [-0.05, 0) is 55.9 Å². The van der Waals surface area contributed by atoms with Crippen molar-refractivity contribution in [3.05, 3.63) is 35.4 Å². The van der Waals surface area contributed by atoms with Gasteiger partial charge in [-0.2, -0.15) is 5.26 Å². The lowest BCUT2D eigenvalue weighted by Gasteiger charge is -2.25. The summed E-state index contributed by atoms with van der Waals surface area (Å²) in [7, 11) is 0. The Labute approximate surface area is 131 Å². The van der Waals surface area contributed by atoms with Crippen LogP contribution in [0, 0.1) is 17.2 Å². The summed E-state index contributed by atoms with van der Waals surface area (Å²) in [6.07, 6.45) is 5.00. The van der Waals surface area contributed by atoms with E-state index >= 15 is 0 Å². The molecule has 0 N–H and O–H groups in total. The van der Waals surface area contributed by atoms with Crippen LogP contribution < -0.4 is 0 Å². The number of benzene rings is 1. The van der Waals surface area contributed by atoms with Gasteiger partial charge in [0.15, 0.2) is 0 Å². The molecule has 4 nitrogen and oxygen atoms in total. The van der Waals surface area contributed by atoms with Crippen molar-refractivity contribution in [1.82, 2.24) is 9.80 Å². The SMILES string of the molecule is N#Cc1ccc(C(=O)N2CC[C@@H]3[C@@H]2CCN3CC2CC2)cc1. The van der Waals surface area contributed by atoms with Crippen LogP contribution in [0.1, 0.15) is 41.6 Å². The monoisotopic (exact) mass is 295 g/mol. The van der Waals surface area contributed by atoms with Crippen LogP contribution in [0.3, 0.4) is 0 Å². The summed E-state index contributed by atoms with van der Waals surface area (Å²) in [5.74, 6) is 1.05. The van der Waals surface area contributed by atoms with Crippen molar-refractivity contribution in [2.75, 3.05) is 19.6 Å². The van der Waals surface area contributed by atoms with Crippen LogP contribution in [0.15, 0.2) is 24.3 Å². The van der Waals surface area contributed by atoms with Gasteiger partial charge in [-0.25, -0.2) is 0 Å². The average Bonchev–Trinajstić information content (AvgIpc) is 3.13. The van der Waals surface area contributed by atoms with Crippen LogP contribution in [-0.2, 0) is 0 Å². The van der Waals surface area contributed by atoms with E-state index in [-0.39, 0.29) is 5.91 Å². The van der Waals surface area contributed by atoms with Crippen LogP contribution in [0.2, 0.25) is 0 Å². The van der Waals surface area contributed by atoms with Gasteiger partial charge in [0.05, 0.1) is 11.6 Å². The molecule has 1 aromatic rings. The molecule has 1 amide bonds. The Morgan fingerprint density at radius 2 is 1.82 bits per heavy atom. The molecule has 2 saturated heterocycles. The van der Waals surface area contributed by atoms with E-state index in [0.717, 1.165) is 31.8 Å². The summed E-state index contributed by atoms with van der Waals surface area (Å²) < 4.78 is 0. The van der Waals surface area contributed by atoms with Crippen LogP contribution in [-0.4, -0.2) is 47.4 Å². The Morgan fingerprint density at radius 3 is 2.50 bits per heavy atom. The number of fused-ring (bicyclic) bond motifs is 1. The van der Waals surface area contributed by atoms with E-state index < -0.39 is 0 Å². The molecular weight excluding hydrogens is 274 g/mol. The van der Waals surface area contributed by atoms with Crippen LogP contribution in [0.4, 0.5) is 0 Å². The van der Waals surface area contributed by atoms with Crippen molar-refractivity contribution in [3.8, 4) is 6.07 Å². The van der Waals surface area contributed by atoms with Gasteiger partial charge in [0, 0.05) is 37.3 Å². The third-order valence-electron chi connectivity index (χ3n) is 5.40. The molecule has 0 radical (unpaired) electrons. The first-order valence-corrected chi connectivity index (χ1v) is 8.31. The fourth-order valence-electron chi connectivity index (χ4n) is 4.04. The number of nitriles is 1. The Kier molecular flexibility index (Phi) is 3.38. The molecule has 2 atom stereocenters. The molecular formula is C18H21N3O. The molecule has 0 bridgehead atoms. The van der Waals surface area contributed by atoms with Crippen LogP contribution in [0.5, 0.6) is 0 Å². The molecule has 0 spiro atoms. The van der Waals surface area contributed by atoms with E-state index in [1.165, 1.54) is 19.4 Å². The topological polar surface area (TPSA) is 47.3 Å². The third kappa shape index (κ3) is 2.40. The molecule has 114 valence electrons. The van der Waals surface area contributed by atoms with Crippen LogP contribution >= 0.6 is 0 Å². The number of rotatable bonds is 3. The molecule has 2 heterocycles. The Morgan fingerprint density at radius 1 is 1.09 bits per heavy atom. The average molecular weight is 295 g/mol. The number of nitrogens with zero attached hydrogens (tertiary/aromatic N) is 3. The molecule has 0 unspecified atom stereocenters. The molecule has 3 aliphatic rings. The number of carbonyl (C=O) groups excluding carboxylic acids is 1. The zero-order valence-corrected chi connectivity index (χ0v) is 12.7. The number of carbonyl (C=O) groups is 1. The van der Waals surface area contributed by atoms with Crippen molar-refractivity contribution >= 4 is 5.91 Å². The second kappa shape index (κ2) is 5.40. The summed E-state index contributed by atoms with van der Waals surface area (Å²) >= 11 is 0. The van der Waals surface area contributed by atoms with E-state index in [4.69, 9.17) is 5.26 Å². The van der Waals surface area contributed by atoms with Gasteiger partial charge in [-0.3, -0.25) is 9.69 Å². The fraction of sp³-hybridized carbons (Fsp3) is 0.556. The van der Waals surface area contributed by atoms with Gasteiger partial charge >= 0.3 is 0 Å². The molecule has 4 heteroatoms. The first kappa shape index (κ1) is 13.8. The first-order valence-electron chi connectivity index (χ1n) is 8.31. The van der Waals surface area contributed by atoms with E-state index in [0.29, 0.717) is 23.2 Å². The van der Waals surface area contributed by atoms with E-state index in [1.54, 1.807) is 24.3 Å². The lowest BCUT2D eigenvalue weighted by atomic mass is 10.1. The molecule has 22 heavy (non-hydrogen) atoms. The van der Waals surface area contributed by atoms with Crippen molar-refractivity contribution in [2.24, 2.45) is 5.92 Å². The highest BCUT2D eigenvalue weighted by Crippen LogP contribution is 2.37. The van der Waals surface area contributed by atoms with E-state index in [9.17, 15) is 4.79 Å². The van der Waals surface area contributed by atoms with Crippen molar-refractivity contribution in [2.45, 2.75) is 37.8 Å². The van der Waals surface area contributed by atoms with Gasteiger partial charge < -0.3 is 4.90 Å². The third-order valence-corrected chi connectivity index (χ3v) is 5.40. The Bertz CT molecular complexity index is 614. The Balaban J connectivity index is 1.46. The maximum atomic E-state index is 12.8. The minimum absolute atomic E-state index is 0.130. The summed E-state index contributed by atoms with van der Waals surface area (Å²) in [6.45, 7) is 3.25. The van der Waals surface area contributed by atoms with Crippen molar-refractivity contribution < 1.29 is 4.79 Å². The summed E-state index contributed by atoms with van der Waals surface area (Å²) in [6, 6.07) is 10.1. The lowest BCUT2D eigenvalue weighted by molar-refractivity contribution is 0.0732. The largest absolute Gasteiger partial charge is 0.334 e. The van der Waals surface area contributed by atoms with Gasteiger partial charge in [0.2, 0.25) is 0 Å². The molecule has 0 aromatic heterocycles. The zero-order chi connectivity index (χ0) is 15.1. The highest BCUT2D eigenvalue weighted by Gasteiger charge is 2.45. The molecule has 1 aliphatic carbocycles. The van der Waals surface area contributed by atoms with Gasteiger partial charge in [-0.1, -0.05) is 0 Å². The minimum Gasteiger partial charge on any atom is -0.334 e. The smallest absolute Gasteiger partial charge is 0.254 e.